The molecule has 17 nitrogen and oxygen atoms in total. The molecule has 0 bridgehead atoms. The first kappa shape index (κ1) is 97.1. The highest BCUT2D eigenvalue weighted by Gasteiger charge is 2.30. The first-order valence-corrected chi connectivity index (χ1v) is 44.6. The lowest BCUT2D eigenvalue weighted by Crippen LogP contribution is -2.30. The van der Waals surface area contributed by atoms with Crippen molar-refractivity contribution >= 4 is 39.5 Å². The summed E-state index contributed by atoms with van der Waals surface area (Å²) in [6.45, 7) is 9.61. The van der Waals surface area contributed by atoms with Crippen LogP contribution in [0.4, 0.5) is 0 Å². The third kappa shape index (κ3) is 71.5. The van der Waals surface area contributed by atoms with Gasteiger partial charge in [-0.15, -0.1) is 0 Å². The summed E-state index contributed by atoms with van der Waals surface area (Å²) in [5.74, 6) is -0.526. The first-order valence-electron chi connectivity index (χ1n) is 41.6. The van der Waals surface area contributed by atoms with E-state index in [1.165, 1.54) is 231 Å². The minimum atomic E-state index is -4.96. The molecule has 0 radical (unpaired) electrons. The van der Waals surface area contributed by atoms with E-state index in [1.807, 2.05) is 0 Å². The summed E-state index contributed by atoms with van der Waals surface area (Å²) in [4.78, 5) is 72.8. The molecule has 0 aliphatic heterocycles. The predicted molar refractivity (Wildman–Crippen MR) is 405 cm³/mol. The van der Waals surface area contributed by atoms with Crippen molar-refractivity contribution in [3.8, 4) is 0 Å². The quantitative estimate of drug-likeness (QED) is 0.0222. The van der Waals surface area contributed by atoms with Crippen LogP contribution in [0.5, 0.6) is 0 Å². The molecular weight excluding hydrogens is 1290 g/mol. The molecule has 99 heavy (non-hydrogen) atoms. The Balaban J connectivity index is 5.16. The van der Waals surface area contributed by atoms with Crippen LogP contribution in [0.3, 0.4) is 0 Å². The standard InChI is InChI=1S/C80H156O17P2/c1-7-11-13-15-17-19-20-21-22-23-24-28-31-34-37-40-44-51-57-63-78(83)91-68-75(96-79(84)64-58-52-45-41-38-35-32-29-26-25-27-30-33-36-39-42-48-54-60-72(5)9-3)70-94-98(86,87)92-66-74(81)67-93-99(88,89)95-71-76(69-90-77(82)62-56-50-43-18-16-14-12-8-2)97-80(85)65-59-53-47-46-49-55-61-73(6)10-4/h72-76,81H,7-71H2,1-6H3,(H,86,87)(H,88,89)/t72?,73?,74-,75-,76-/m1/s1. The first-order chi connectivity index (χ1) is 47.9. The number of aliphatic hydroxyl groups is 1. The van der Waals surface area contributed by atoms with Gasteiger partial charge in [0, 0.05) is 25.7 Å². The number of aliphatic hydroxyl groups excluding tert-OH is 1. The summed E-state index contributed by atoms with van der Waals surface area (Å²) in [5.41, 5.74) is 0. The van der Waals surface area contributed by atoms with Crippen LogP contribution in [0.25, 0.3) is 0 Å². The summed E-state index contributed by atoms with van der Waals surface area (Å²) in [6, 6.07) is 0. The van der Waals surface area contributed by atoms with Crippen molar-refractivity contribution in [1.82, 2.24) is 0 Å². The lowest BCUT2D eigenvalue weighted by atomic mass is 9.99. The van der Waals surface area contributed by atoms with E-state index in [0.717, 1.165) is 108 Å². The van der Waals surface area contributed by atoms with Gasteiger partial charge in [-0.3, -0.25) is 37.3 Å². The second kappa shape index (κ2) is 71.7. The Kier molecular flexibility index (Phi) is 70.3. The van der Waals surface area contributed by atoms with E-state index in [9.17, 15) is 43.2 Å². The van der Waals surface area contributed by atoms with E-state index in [4.69, 9.17) is 37.0 Å². The molecular formula is C80H156O17P2. The van der Waals surface area contributed by atoms with Gasteiger partial charge in [0.05, 0.1) is 26.4 Å². The van der Waals surface area contributed by atoms with Crippen molar-refractivity contribution in [3.63, 3.8) is 0 Å². The molecule has 3 N–H and O–H groups in total. The summed E-state index contributed by atoms with van der Waals surface area (Å²) in [5, 5.41) is 10.6. The highest BCUT2D eigenvalue weighted by Crippen LogP contribution is 2.45. The maximum atomic E-state index is 13.1. The van der Waals surface area contributed by atoms with Gasteiger partial charge in [0.2, 0.25) is 0 Å². The zero-order valence-electron chi connectivity index (χ0n) is 64.8. The van der Waals surface area contributed by atoms with Crippen LogP contribution in [-0.2, 0) is 65.4 Å². The minimum absolute atomic E-state index is 0.103. The Morgan fingerprint density at radius 3 is 0.717 bits per heavy atom. The second-order valence-corrected chi connectivity index (χ2v) is 32.2. The van der Waals surface area contributed by atoms with Gasteiger partial charge < -0.3 is 33.8 Å². The van der Waals surface area contributed by atoms with E-state index in [0.29, 0.717) is 25.7 Å². The number of carbonyl (C=O) groups is 4. The molecule has 7 atom stereocenters. The van der Waals surface area contributed by atoms with Crippen molar-refractivity contribution in [3.05, 3.63) is 0 Å². The third-order valence-corrected chi connectivity index (χ3v) is 21.3. The normalized spacial score (nSPS) is 14.5. The summed E-state index contributed by atoms with van der Waals surface area (Å²) >= 11 is 0. The average Bonchev–Trinajstić information content (AvgIpc) is 1.12. The Labute approximate surface area is 607 Å². The molecule has 0 aliphatic rings. The van der Waals surface area contributed by atoms with Crippen LogP contribution in [0.1, 0.15) is 420 Å². The molecule has 0 heterocycles. The Bertz CT molecular complexity index is 1910. The average molecular weight is 1450 g/mol. The molecule has 0 aromatic carbocycles. The molecule has 588 valence electrons. The molecule has 0 amide bonds. The number of unbranched alkanes of at least 4 members (excludes halogenated alkanes) is 47. The highest BCUT2D eigenvalue weighted by molar-refractivity contribution is 7.47. The van der Waals surface area contributed by atoms with E-state index in [1.54, 1.807) is 0 Å². The van der Waals surface area contributed by atoms with Crippen LogP contribution in [0.15, 0.2) is 0 Å². The molecule has 0 aromatic rings. The topological polar surface area (TPSA) is 237 Å². The van der Waals surface area contributed by atoms with Crippen molar-refractivity contribution in [1.29, 1.82) is 0 Å². The molecule has 0 saturated heterocycles. The molecule has 0 aliphatic carbocycles. The fraction of sp³-hybridized carbons (Fsp3) is 0.950. The van der Waals surface area contributed by atoms with E-state index < -0.39 is 97.5 Å². The number of hydrogen-bond donors (Lipinski definition) is 3. The molecule has 0 spiro atoms. The van der Waals surface area contributed by atoms with Gasteiger partial charge >= 0.3 is 39.5 Å². The Hall–Kier alpha value is -1.94. The summed E-state index contributed by atoms with van der Waals surface area (Å²) < 4.78 is 68.5. The second-order valence-electron chi connectivity index (χ2n) is 29.3. The van der Waals surface area contributed by atoms with Crippen LogP contribution >= 0.6 is 15.6 Å². The monoisotopic (exact) mass is 1450 g/mol. The van der Waals surface area contributed by atoms with Crippen LogP contribution in [0, 0.1) is 11.8 Å². The number of phosphoric ester groups is 2. The number of phosphoric acid groups is 2. The molecule has 4 unspecified atom stereocenters. The number of carbonyl (C=O) groups excluding carboxylic acids is 4. The third-order valence-electron chi connectivity index (χ3n) is 19.4. The minimum Gasteiger partial charge on any atom is -0.462 e. The maximum Gasteiger partial charge on any atom is 0.472 e. The zero-order valence-corrected chi connectivity index (χ0v) is 66.6. The van der Waals surface area contributed by atoms with Gasteiger partial charge in [-0.2, -0.15) is 0 Å². The Morgan fingerprint density at radius 1 is 0.283 bits per heavy atom. The number of hydrogen-bond acceptors (Lipinski definition) is 15. The van der Waals surface area contributed by atoms with Gasteiger partial charge in [0.15, 0.2) is 12.2 Å². The maximum absolute atomic E-state index is 13.1. The van der Waals surface area contributed by atoms with Gasteiger partial charge in [0.25, 0.3) is 0 Å². The van der Waals surface area contributed by atoms with Gasteiger partial charge in [-0.1, -0.05) is 369 Å². The van der Waals surface area contributed by atoms with Crippen LogP contribution < -0.4 is 0 Å². The number of esters is 4. The molecule has 0 rings (SSSR count). The van der Waals surface area contributed by atoms with Crippen LogP contribution in [-0.4, -0.2) is 96.7 Å². The number of rotatable bonds is 79. The lowest BCUT2D eigenvalue weighted by Gasteiger charge is -2.21. The SMILES string of the molecule is CCCCCCCCCCCCCCCCCCCCCC(=O)OC[C@H](COP(=O)(O)OC[C@@H](O)COP(=O)(O)OC[C@@H](COC(=O)CCCCCCCCCC)OC(=O)CCCCCCCCC(C)CC)OC(=O)CCCCCCCCCCCCCCCCCCCCC(C)CC. The van der Waals surface area contributed by atoms with E-state index in [-0.39, 0.29) is 25.7 Å². The van der Waals surface area contributed by atoms with Crippen molar-refractivity contribution in [2.24, 2.45) is 11.8 Å². The fourth-order valence-electron chi connectivity index (χ4n) is 12.3. The lowest BCUT2D eigenvalue weighted by molar-refractivity contribution is -0.161. The largest absolute Gasteiger partial charge is 0.472 e. The predicted octanol–water partition coefficient (Wildman–Crippen LogP) is 23.9. The fourth-order valence-corrected chi connectivity index (χ4v) is 13.9. The zero-order chi connectivity index (χ0) is 72.8. The molecule has 0 aromatic heterocycles. The smallest absolute Gasteiger partial charge is 0.462 e. The molecule has 19 heteroatoms. The van der Waals surface area contributed by atoms with Crippen molar-refractivity contribution < 1.29 is 80.2 Å². The van der Waals surface area contributed by atoms with Gasteiger partial charge in [0.1, 0.15) is 19.3 Å². The molecule has 0 fully saturated rings. The van der Waals surface area contributed by atoms with Crippen LogP contribution in [0.2, 0.25) is 0 Å². The van der Waals surface area contributed by atoms with E-state index >= 15 is 0 Å². The van der Waals surface area contributed by atoms with Gasteiger partial charge in [-0.05, 0) is 37.5 Å². The van der Waals surface area contributed by atoms with Gasteiger partial charge in [-0.25, -0.2) is 9.13 Å². The Morgan fingerprint density at radius 2 is 0.485 bits per heavy atom. The van der Waals surface area contributed by atoms with E-state index in [2.05, 4.69) is 41.5 Å². The number of ether oxygens (including phenoxy) is 4. The highest BCUT2D eigenvalue weighted by atomic mass is 31.2. The van der Waals surface area contributed by atoms with Crippen molar-refractivity contribution in [2.45, 2.75) is 439 Å². The van der Waals surface area contributed by atoms with Crippen molar-refractivity contribution in [2.75, 3.05) is 39.6 Å². The summed E-state index contributed by atoms with van der Waals surface area (Å²) in [6.07, 6.45) is 61.3. The summed E-state index contributed by atoms with van der Waals surface area (Å²) in [7, 11) is -9.91. The molecule has 0 saturated carbocycles.